The molecule has 2 aromatic rings. The van der Waals surface area contributed by atoms with E-state index in [4.69, 9.17) is 0 Å². The average molecular weight is 373 g/mol. The lowest BCUT2D eigenvalue weighted by molar-refractivity contribution is -0.142. The van der Waals surface area contributed by atoms with Crippen LogP contribution in [-0.2, 0) is 10.2 Å². The molecule has 0 bridgehead atoms. The van der Waals surface area contributed by atoms with Crippen molar-refractivity contribution in [3.05, 3.63) is 39.1 Å². The molecule has 0 aliphatic heterocycles. The van der Waals surface area contributed by atoms with Crippen molar-refractivity contribution in [1.82, 2.24) is 4.98 Å². The Morgan fingerprint density at radius 2 is 2.14 bits per heavy atom. The second-order valence-corrected chi connectivity index (χ2v) is 6.89. The average Bonchev–Trinajstić information content (AvgIpc) is 2.85. The number of aryl methyl sites for hydroxylation is 1. The van der Waals surface area contributed by atoms with E-state index < -0.39 is 11.4 Å². The van der Waals surface area contributed by atoms with Crippen LogP contribution < -0.4 is 5.32 Å². The third-order valence-corrected chi connectivity index (χ3v) is 4.55. The monoisotopic (exact) mass is 372 g/mol. The van der Waals surface area contributed by atoms with Crippen LogP contribution in [0.4, 0.5) is 15.2 Å². The maximum Gasteiger partial charge on any atom is 0.315 e. The van der Waals surface area contributed by atoms with Gasteiger partial charge in [-0.1, -0.05) is 0 Å². The first kappa shape index (κ1) is 15.9. The molecule has 2 N–H and O–H groups in total. The van der Waals surface area contributed by atoms with Crippen LogP contribution in [0.5, 0.6) is 0 Å². The van der Waals surface area contributed by atoms with Crippen molar-refractivity contribution in [3.8, 4) is 0 Å². The summed E-state index contributed by atoms with van der Waals surface area (Å²) in [4.78, 5) is 15.5. The summed E-state index contributed by atoms with van der Waals surface area (Å²) in [6.45, 7) is 5.04. The molecule has 112 valence electrons. The van der Waals surface area contributed by atoms with E-state index in [0.717, 1.165) is 5.56 Å². The molecule has 21 heavy (non-hydrogen) atoms. The van der Waals surface area contributed by atoms with E-state index in [1.165, 1.54) is 17.4 Å². The summed E-state index contributed by atoms with van der Waals surface area (Å²) in [6, 6.07) is 3.05. The van der Waals surface area contributed by atoms with E-state index in [0.29, 0.717) is 21.0 Å². The summed E-state index contributed by atoms with van der Waals surface area (Å²) >= 11 is 4.42. The Morgan fingerprint density at radius 1 is 1.48 bits per heavy atom. The molecule has 1 aromatic heterocycles. The van der Waals surface area contributed by atoms with Crippen molar-refractivity contribution < 1.29 is 14.3 Å². The molecule has 0 unspecified atom stereocenters. The zero-order chi connectivity index (χ0) is 15.8. The summed E-state index contributed by atoms with van der Waals surface area (Å²) in [7, 11) is 0. The lowest BCUT2D eigenvalue weighted by Crippen LogP contribution is -2.28. The predicted molar refractivity (Wildman–Crippen MR) is 84.9 cm³/mol. The van der Waals surface area contributed by atoms with E-state index in [-0.39, 0.29) is 5.82 Å². The smallest absolute Gasteiger partial charge is 0.315 e. The lowest BCUT2D eigenvalue weighted by atomic mass is 9.90. The van der Waals surface area contributed by atoms with E-state index in [9.17, 15) is 14.3 Å². The van der Waals surface area contributed by atoms with Crippen molar-refractivity contribution in [1.29, 1.82) is 0 Å². The topological polar surface area (TPSA) is 62.2 Å². The SMILES string of the molecule is Cc1cc(Br)c(F)cc1Nc1nc(C(C)(C)C(=O)O)cs1. The van der Waals surface area contributed by atoms with Crippen molar-refractivity contribution >= 4 is 44.1 Å². The standard InChI is InChI=1S/C14H14BrFN2O2S/c1-7-4-8(15)9(16)5-10(7)17-13-18-11(6-21-13)14(2,3)12(19)20/h4-6H,1-3H3,(H,17,18)(H,19,20). The Hall–Kier alpha value is -1.47. The van der Waals surface area contributed by atoms with Crippen LogP contribution in [0.25, 0.3) is 0 Å². The molecule has 0 radical (unpaired) electrons. The van der Waals surface area contributed by atoms with Gasteiger partial charge in [0, 0.05) is 11.1 Å². The number of carboxylic acids is 1. The van der Waals surface area contributed by atoms with Gasteiger partial charge in [-0.05, 0) is 54.4 Å². The Bertz CT molecular complexity index is 700. The summed E-state index contributed by atoms with van der Waals surface area (Å²) < 4.78 is 14.0. The van der Waals surface area contributed by atoms with E-state index >= 15 is 0 Å². The molecule has 7 heteroatoms. The number of carbonyl (C=O) groups is 1. The molecule has 1 heterocycles. The van der Waals surface area contributed by atoms with Crippen LogP contribution in [0, 0.1) is 12.7 Å². The molecule has 0 saturated carbocycles. The summed E-state index contributed by atoms with van der Waals surface area (Å²) in [6.07, 6.45) is 0. The van der Waals surface area contributed by atoms with Crippen LogP contribution in [0.15, 0.2) is 22.0 Å². The zero-order valence-corrected chi connectivity index (χ0v) is 14.1. The quantitative estimate of drug-likeness (QED) is 0.831. The van der Waals surface area contributed by atoms with Gasteiger partial charge in [-0.25, -0.2) is 9.37 Å². The summed E-state index contributed by atoms with van der Waals surface area (Å²) in [5.74, 6) is -1.31. The zero-order valence-electron chi connectivity index (χ0n) is 11.7. The highest BCUT2D eigenvalue weighted by Crippen LogP contribution is 2.31. The fraction of sp³-hybridized carbons (Fsp3) is 0.286. The number of hydrogen-bond donors (Lipinski definition) is 2. The lowest BCUT2D eigenvalue weighted by Gasteiger charge is -2.15. The molecule has 1 aromatic carbocycles. The van der Waals surface area contributed by atoms with Gasteiger partial charge in [0.2, 0.25) is 0 Å². The molecule has 0 atom stereocenters. The first-order valence-corrected chi connectivity index (χ1v) is 7.81. The molecule has 0 aliphatic rings. The molecule has 0 saturated heterocycles. The van der Waals surface area contributed by atoms with Crippen LogP contribution in [-0.4, -0.2) is 16.1 Å². The minimum Gasteiger partial charge on any atom is -0.481 e. The number of rotatable bonds is 4. The number of nitrogens with one attached hydrogen (secondary N) is 1. The number of anilines is 2. The first-order chi connectivity index (χ1) is 9.71. The Balaban J connectivity index is 2.28. The normalized spacial score (nSPS) is 11.5. The highest BCUT2D eigenvalue weighted by molar-refractivity contribution is 9.10. The number of aliphatic carboxylic acids is 1. The van der Waals surface area contributed by atoms with Gasteiger partial charge in [0.15, 0.2) is 5.13 Å². The van der Waals surface area contributed by atoms with Crippen molar-refractivity contribution in [3.63, 3.8) is 0 Å². The van der Waals surface area contributed by atoms with Crippen LogP contribution in [0.2, 0.25) is 0 Å². The van der Waals surface area contributed by atoms with Gasteiger partial charge in [-0.2, -0.15) is 0 Å². The Labute approximate surface area is 134 Å². The van der Waals surface area contributed by atoms with Crippen LogP contribution in [0.1, 0.15) is 25.1 Å². The molecule has 0 aliphatic carbocycles. The number of nitrogens with zero attached hydrogens (tertiary/aromatic N) is 1. The second kappa shape index (κ2) is 5.73. The van der Waals surface area contributed by atoms with Crippen molar-refractivity contribution in [2.24, 2.45) is 0 Å². The van der Waals surface area contributed by atoms with Crippen LogP contribution in [0.3, 0.4) is 0 Å². The van der Waals surface area contributed by atoms with Gasteiger partial charge in [-0.15, -0.1) is 11.3 Å². The van der Waals surface area contributed by atoms with Gasteiger partial charge in [0.05, 0.1) is 10.2 Å². The third kappa shape index (κ3) is 3.24. The number of aromatic nitrogens is 1. The minimum atomic E-state index is -1.06. The fourth-order valence-corrected chi connectivity index (χ4v) is 2.97. The van der Waals surface area contributed by atoms with Crippen molar-refractivity contribution in [2.75, 3.05) is 5.32 Å². The summed E-state index contributed by atoms with van der Waals surface area (Å²) in [5.41, 5.74) is 0.871. The molecule has 4 nitrogen and oxygen atoms in total. The second-order valence-electron chi connectivity index (χ2n) is 5.17. The first-order valence-electron chi connectivity index (χ1n) is 6.14. The molecule has 0 fully saturated rings. The maximum atomic E-state index is 13.6. The number of carboxylic acid groups (broad SMARTS) is 1. The summed E-state index contributed by atoms with van der Waals surface area (Å²) in [5, 5.41) is 14.4. The fourth-order valence-electron chi connectivity index (χ4n) is 1.62. The van der Waals surface area contributed by atoms with Crippen LogP contribution >= 0.6 is 27.3 Å². The maximum absolute atomic E-state index is 13.6. The van der Waals surface area contributed by atoms with Gasteiger partial charge in [0.1, 0.15) is 11.2 Å². The predicted octanol–water partition coefficient (Wildman–Crippen LogP) is 4.46. The van der Waals surface area contributed by atoms with E-state index in [2.05, 4.69) is 26.2 Å². The van der Waals surface area contributed by atoms with E-state index in [1.807, 2.05) is 6.92 Å². The van der Waals surface area contributed by atoms with Gasteiger partial charge in [-0.3, -0.25) is 4.79 Å². The highest BCUT2D eigenvalue weighted by Gasteiger charge is 2.32. The molecule has 0 spiro atoms. The minimum absolute atomic E-state index is 0.370. The molecule has 2 rings (SSSR count). The Kier molecular flexibility index (Phi) is 4.34. The van der Waals surface area contributed by atoms with Gasteiger partial charge >= 0.3 is 5.97 Å². The number of hydrogen-bond acceptors (Lipinski definition) is 4. The van der Waals surface area contributed by atoms with Gasteiger partial charge in [0.25, 0.3) is 0 Å². The molecular weight excluding hydrogens is 359 g/mol. The molecule has 0 amide bonds. The highest BCUT2D eigenvalue weighted by atomic mass is 79.9. The van der Waals surface area contributed by atoms with Gasteiger partial charge < -0.3 is 10.4 Å². The Morgan fingerprint density at radius 3 is 2.76 bits per heavy atom. The third-order valence-electron chi connectivity index (χ3n) is 3.19. The number of benzene rings is 1. The number of halogens is 2. The van der Waals surface area contributed by atoms with Crippen molar-refractivity contribution in [2.45, 2.75) is 26.2 Å². The largest absolute Gasteiger partial charge is 0.481 e. The number of thiazole rings is 1. The molecular formula is C14H14BrFN2O2S. The van der Waals surface area contributed by atoms with E-state index in [1.54, 1.807) is 25.3 Å².